The zero-order chi connectivity index (χ0) is 15.7. The Morgan fingerprint density at radius 2 is 1.55 bits per heavy atom. The van der Waals surface area contributed by atoms with E-state index in [0.29, 0.717) is 5.92 Å². The molecule has 0 bridgehead atoms. The maximum absolute atomic E-state index is 12.4. The van der Waals surface area contributed by atoms with Crippen molar-refractivity contribution in [3.8, 4) is 0 Å². The predicted molar refractivity (Wildman–Crippen MR) is 81.8 cm³/mol. The number of fused-ring (bicyclic) bond motifs is 1. The van der Waals surface area contributed by atoms with Crippen LogP contribution >= 0.6 is 0 Å². The van der Waals surface area contributed by atoms with E-state index in [1.165, 1.54) is 4.90 Å². The van der Waals surface area contributed by atoms with E-state index >= 15 is 0 Å². The fourth-order valence-electron chi connectivity index (χ4n) is 4.07. The first kappa shape index (κ1) is 15.5. The van der Waals surface area contributed by atoms with Crippen molar-refractivity contribution in [2.24, 2.45) is 17.8 Å². The average molecular weight is 306 g/mol. The molecule has 0 aromatic carbocycles. The van der Waals surface area contributed by atoms with Crippen LogP contribution in [0.2, 0.25) is 0 Å². The van der Waals surface area contributed by atoms with Crippen molar-refractivity contribution in [2.75, 3.05) is 19.6 Å². The molecule has 0 aromatic rings. The van der Waals surface area contributed by atoms with Gasteiger partial charge in [0.25, 0.3) is 0 Å². The molecule has 3 aliphatic rings. The topological polar surface area (TPSA) is 57.7 Å². The number of hydrogen-bond acceptors (Lipinski definition) is 3. The lowest BCUT2D eigenvalue weighted by Gasteiger charge is -2.30. The van der Waals surface area contributed by atoms with E-state index in [2.05, 4.69) is 6.92 Å². The summed E-state index contributed by atoms with van der Waals surface area (Å²) in [7, 11) is 0. The summed E-state index contributed by atoms with van der Waals surface area (Å²) in [5.74, 6) is 0.500. The largest absolute Gasteiger partial charge is 0.343 e. The normalized spacial score (nSPS) is 29.9. The van der Waals surface area contributed by atoms with E-state index < -0.39 is 0 Å². The molecule has 2 aliphatic heterocycles. The maximum atomic E-state index is 12.4. The summed E-state index contributed by atoms with van der Waals surface area (Å²) in [6, 6.07) is 0. The van der Waals surface area contributed by atoms with Crippen LogP contribution in [0.15, 0.2) is 0 Å². The van der Waals surface area contributed by atoms with Crippen molar-refractivity contribution in [2.45, 2.75) is 51.9 Å². The summed E-state index contributed by atoms with van der Waals surface area (Å²) < 4.78 is 0. The molecule has 0 unspecified atom stereocenters. The Morgan fingerprint density at radius 3 is 2.09 bits per heavy atom. The van der Waals surface area contributed by atoms with Crippen LogP contribution in [-0.4, -0.2) is 47.2 Å². The molecule has 122 valence electrons. The fourth-order valence-corrected chi connectivity index (χ4v) is 4.07. The van der Waals surface area contributed by atoms with E-state index in [1.807, 2.05) is 4.90 Å². The van der Waals surface area contributed by atoms with Crippen molar-refractivity contribution in [3.05, 3.63) is 0 Å². The third-order valence-electron chi connectivity index (χ3n) is 5.62. The van der Waals surface area contributed by atoms with Crippen LogP contribution in [0, 0.1) is 17.8 Å². The van der Waals surface area contributed by atoms with Gasteiger partial charge in [-0.05, 0) is 31.6 Å². The zero-order valence-corrected chi connectivity index (χ0v) is 13.4. The first-order valence-electron chi connectivity index (χ1n) is 8.71. The second-order valence-electron chi connectivity index (χ2n) is 7.14. The van der Waals surface area contributed by atoms with Crippen LogP contribution < -0.4 is 0 Å². The molecule has 0 N–H and O–H groups in total. The van der Waals surface area contributed by atoms with Crippen molar-refractivity contribution >= 4 is 17.7 Å². The van der Waals surface area contributed by atoms with Crippen LogP contribution in [0.1, 0.15) is 51.9 Å². The highest BCUT2D eigenvalue weighted by Gasteiger charge is 2.47. The summed E-state index contributed by atoms with van der Waals surface area (Å²) in [6.45, 7) is 4.11. The summed E-state index contributed by atoms with van der Waals surface area (Å²) in [5.41, 5.74) is 0. The molecule has 3 rings (SSSR count). The SMILES string of the molecule is CC1CCN(C(=O)CCN2C(=O)[C@H]3CCCC[C@H]3C2=O)CC1. The monoisotopic (exact) mass is 306 g/mol. The molecule has 2 heterocycles. The third kappa shape index (κ3) is 2.90. The Hall–Kier alpha value is -1.39. The molecule has 3 fully saturated rings. The van der Waals surface area contributed by atoms with E-state index in [0.717, 1.165) is 51.6 Å². The van der Waals surface area contributed by atoms with Gasteiger partial charge >= 0.3 is 0 Å². The number of nitrogens with zero attached hydrogens (tertiary/aromatic N) is 2. The smallest absolute Gasteiger partial charge is 0.233 e. The van der Waals surface area contributed by atoms with Gasteiger partial charge in [0, 0.05) is 26.1 Å². The van der Waals surface area contributed by atoms with E-state index in [9.17, 15) is 14.4 Å². The van der Waals surface area contributed by atoms with E-state index in [1.54, 1.807) is 0 Å². The van der Waals surface area contributed by atoms with Gasteiger partial charge in [0.15, 0.2) is 0 Å². The Labute approximate surface area is 132 Å². The summed E-state index contributed by atoms with van der Waals surface area (Å²) >= 11 is 0. The standard InChI is InChI=1S/C17H26N2O3/c1-12-6-9-18(10-7-12)15(20)8-11-19-16(21)13-4-2-3-5-14(13)17(19)22/h12-14H,2-11H2,1H3/t13-,14+. The molecule has 2 atom stereocenters. The number of carbonyl (C=O) groups excluding carboxylic acids is 3. The molecular formula is C17H26N2O3. The summed E-state index contributed by atoms with van der Waals surface area (Å²) in [4.78, 5) is 40.2. The molecule has 5 heteroatoms. The lowest BCUT2D eigenvalue weighted by molar-refractivity contribution is -0.141. The van der Waals surface area contributed by atoms with Crippen molar-refractivity contribution in [1.82, 2.24) is 9.80 Å². The van der Waals surface area contributed by atoms with Gasteiger partial charge in [-0.3, -0.25) is 19.3 Å². The van der Waals surface area contributed by atoms with Crippen LogP contribution in [-0.2, 0) is 14.4 Å². The Kier molecular flexibility index (Phi) is 4.50. The lowest BCUT2D eigenvalue weighted by Crippen LogP contribution is -2.40. The number of piperidine rings is 1. The molecule has 22 heavy (non-hydrogen) atoms. The van der Waals surface area contributed by atoms with Gasteiger partial charge in [-0.2, -0.15) is 0 Å². The van der Waals surface area contributed by atoms with Crippen molar-refractivity contribution in [1.29, 1.82) is 0 Å². The second kappa shape index (κ2) is 6.39. The molecule has 3 amide bonds. The average Bonchev–Trinajstić information content (AvgIpc) is 2.78. The van der Waals surface area contributed by atoms with Crippen LogP contribution in [0.3, 0.4) is 0 Å². The van der Waals surface area contributed by atoms with E-state index in [4.69, 9.17) is 0 Å². The Morgan fingerprint density at radius 1 is 1.00 bits per heavy atom. The number of rotatable bonds is 3. The van der Waals surface area contributed by atoms with Gasteiger partial charge in [0.2, 0.25) is 17.7 Å². The number of hydrogen-bond donors (Lipinski definition) is 0. The van der Waals surface area contributed by atoms with Gasteiger partial charge in [-0.1, -0.05) is 19.8 Å². The van der Waals surface area contributed by atoms with Crippen LogP contribution in [0.4, 0.5) is 0 Å². The van der Waals surface area contributed by atoms with Gasteiger partial charge in [-0.25, -0.2) is 0 Å². The van der Waals surface area contributed by atoms with Gasteiger partial charge in [-0.15, -0.1) is 0 Å². The predicted octanol–water partition coefficient (Wildman–Crippen LogP) is 1.81. The molecule has 5 nitrogen and oxygen atoms in total. The van der Waals surface area contributed by atoms with Crippen LogP contribution in [0.25, 0.3) is 0 Å². The molecule has 0 spiro atoms. The minimum absolute atomic E-state index is 0.0326. The van der Waals surface area contributed by atoms with Crippen LogP contribution in [0.5, 0.6) is 0 Å². The van der Waals surface area contributed by atoms with Gasteiger partial charge in [0.05, 0.1) is 11.8 Å². The number of amides is 3. The molecule has 2 saturated heterocycles. The highest BCUT2D eigenvalue weighted by molar-refractivity contribution is 6.05. The molecule has 0 aromatic heterocycles. The first-order valence-corrected chi connectivity index (χ1v) is 8.71. The quantitative estimate of drug-likeness (QED) is 0.747. The van der Waals surface area contributed by atoms with Crippen molar-refractivity contribution < 1.29 is 14.4 Å². The van der Waals surface area contributed by atoms with E-state index in [-0.39, 0.29) is 42.5 Å². The highest BCUT2D eigenvalue weighted by Crippen LogP contribution is 2.38. The van der Waals surface area contributed by atoms with Crippen molar-refractivity contribution in [3.63, 3.8) is 0 Å². The first-order chi connectivity index (χ1) is 10.6. The summed E-state index contributed by atoms with van der Waals surface area (Å²) in [5, 5.41) is 0. The number of imide groups is 1. The third-order valence-corrected chi connectivity index (χ3v) is 5.62. The maximum Gasteiger partial charge on any atom is 0.233 e. The molecule has 1 saturated carbocycles. The number of likely N-dealkylation sites (tertiary alicyclic amines) is 2. The minimum Gasteiger partial charge on any atom is -0.343 e. The molecule has 1 aliphatic carbocycles. The minimum atomic E-state index is -0.104. The number of carbonyl (C=O) groups is 3. The lowest BCUT2D eigenvalue weighted by atomic mass is 9.81. The Bertz CT molecular complexity index is 445. The molecule has 0 radical (unpaired) electrons. The summed E-state index contributed by atoms with van der Waals surface area (Å²) in [6.07, 6.45) is 6.14. The fraction of sp³-hybridized carbons (Fsp3) is 0.824. The van der Waals surface area contributed by atoms with Gasteiger partial charge < -0.3 is 4.90 Å². The zero-order valence-electron chi connectivity index (χ0n) is 13.4. The molecular weight excluding hydrogens is 280 g/mol. The Balaban J connectivity index is 1.54. The van der Waals surface area contributed by atoms with Gasteiger partial charge in [0.1, 0.15) is 0 Å². The second-order valence-corrected chi connectivity index (χ2v) is 7.14. The highest BCUT2D eigenvalue weighted by atomic mass is 16.2.